The van der Waals surface area contributed by atoms with Crippen molar-refractivity contribution in [2.24, 2.45) is 5.10 Å². The van der Waals surface area contributed by atoms with Gasteiger partial charge >= 0.3 is 0 Å². The van der Waals surface area contributed by atoms with Gasteiger partial charge in [0, 0.05) is 27.3 Å². The SMILES string of the molecule is CCc1ccc(C2=NN(c3nc(-c4ccccc4)c4cc(Cl)ccc4n3)C(c3cccs3)C2)cc1. The fourth-order valence-electron chi connectivity index (χ4n) is 4.51. The van der Waals surface area contributed by atoms with Crippen molar-refractivity contribution in [3.8, 4) is 11.3 Å². The van der Waals surface area contributed by atoms with Crippen LogP contribution < -0.4 is 5.01 Å². The zero-order chi connectivity index (χ0) is 23.8. The lowest BCUT2D eigenvalue weighted by molar-refractivity contribution is 0.700. The number of aromatic nitrogens is 2. The fraction of sp³-hybridized carbons (Fsp3) is 0.138. The van der Waals surface area contributed by atoms with Crippen LogP contribution >= 0.6 is 22.9 Å². The molecule has 3 heterocycles. The van der Waals surface area contributed by atoms with Crippen LogP contribution in [-0.2, 0) is 6.42 Å². The van der Waals surface area contributed by atoms with Gasteiger partial charge in [-0.05, 0) is 47.2 Å². The molecule has 1 unspecified atom stereocenters. The van der Waals surface area contributed by atoms with Crippen LogP contribution in [-0.4, -0.2) is 15.7 Å². The normalized spacial score (nSPS) is 15.5. The van der Waals surface area contributed by atoms with E-state index in [1.807, 2.05) is 41.4 Å². The summed E-state index contributed by atoms with van der Waals surface area (Å²) in [7, 11) is 0. The lowest BCUT2D eigenvalue weighted by atomic mass is 10.0. The van der Waals surface area contributed by atoms with Gasteiger partial charge in [0.05, 0.1) is 23.0 Å². The molecular weight excluding hydrogens is 472 g/mol. The molecule has 0 aliphatic carbocycles. The molecule has 3 aromatic carbocycles. The number of anilines is 1. The first-order chi connectivity index (χ1) is 17.2. The van der Waals surface area contributed by atoms with Crippen molar-refractivity contribution in [3.63, 3.8) is 0 Å². The predicted molar refractivity (Wildman–Crippen MR) is 146 cm³/mol. The number of hydrogen-bond acceptors (Lipinski definition) is 5. The molecule has 0 amide bonds. The molecule has 0 saturated carbocycles. The minimum absolute atomic E-state index is 0.0456. The van der Waals surface area contributed by atoms with Gasteiger partial charge < -0.3 is 0 Å². The highest BCUT2D eigenvalue weighted by atomic mass is 35.5. The van der Waals surface area contributed by atoms with Crippen LogP contribution in [0.2, 0.25) is 5.02 Å². The molecule has 1 aliphatic heterocycles. The summed E-state index contributed by atoms with van der Waals surface area (Å²) in [5.41, 5.74) is 6.24. The average Bonchev–Trinajstić information content (AvgIpc) is 3.59. The van der Waals surface area contributed by atoms with E-state index in [1.165, 1.54) is 10.4 Å². The molecule has 0 fully saturated rings. The monoisotopic (exact) mass is 494 g/mol. The van der Waals surface area contributed by atoms with Crippen LogP contribution in [0.1, 0.15) is 35.4 Å². The van der Waals surface area contributed by atoms with Gasteiger partial charge in [0.1, 0.15) is 0 Å². The molecule has 6 rings (SSSR count). The summed E-state index contributed by atoms with van der Waals surface area (Å²) in [6.45, 7) is 2.17. The van der Waals surface area contributed by atoms with Crippen LogP contribution in [0, 0.1) is 0 Å². The van der Waals surface area contributed by atoms with E-state index < -0.39 is 0 Å². The van der Waals surface area contributed by atoms with E-state index in [9.17, 15) is 0 Å². The van der Waals surface area contributed by atoms with Crippen molar-refractivity contribution in [1.29, 1.82) is 0 Å². The second-order valence-corrected chi connectivity index (χ2v) is 9.99. The number of hydrazone groups is 1. The molecule has 5 aromatic rings. The van der Waals surface area contributed by atoms with Crippen molar-refractivity contribution in [3.05, 3.63) is 111 Å². The van der Waals surface area contributed by atoms with E-state index in [1.54, 1.807) is 11.3 Å². The van der Waals surface area contributed by atoms with Gasteiger partial charge in [-0.3, -0.25) is 0 Å². The topological polar surface area (TPSA) is 41.4 Å². The third kappa shape index (κ3) is 4.22. The Morgan fingerprint density at radius 3 is 2.49 bits per heavy atom. The number of aryl methyl sites for hydroxylation is 1. The second kappa shape index (κ2) is 9.25. The van der Waals surface area contributed by atoms with Crippen LogP contribution in [0.25, 0.3) is 22.2 Å². The maximum atomic E-state index is 6.36. The summed E-state index contributed by atoms with van der Waals surface area (Å²) in [6, 6.07) is 29.0. The van der Waals surface area contributed by atoms with Gasteiger partial charge in [0.25, 0.3) is 0 Å². The summed E-state index contributed by atoms with van der Waals surface area (Å²) < 4.78 is 0. The summed E-state index contributed by atoms with van der Waals surface area (Å²) in [6.07, 6.45) is 1.82. The highest BCUT2D eigenvalue weighted by Gasteiger charge is 2.33. The smallest absolute Gasteiger partial charge is 0.223 e. The summed E-state index contributed by atoms with van der Waals surface area (Å²) >= 11 is 8.10. The minimum atomic E-state index is 0.0456. The van der Waals surface area contributed by atoms with E-state index >= 15 is 0 Å². The van der Waals surface area contributed by atoms with E-state index in [4.69, 9.17) is 26.7 Å². The molecule has 1 aliphatic rings. The van der Waals surface area contributed by atoms with Crippen LogP contribution in [0.3, 0.4) is 0 Å². The Hall–Kier alpha value is -3.54. The highest BCUT2D eigenvalue weighted by molar-refractivity contribution is 7.10. The summed E-state index contributed by atoms with van der Waals surface area (Å²) in [5, 5.41) is 10.8. The van der Waals surface area contributed by atoms with Crippen molar-refractivity contribution in [2.45, 2.75) is 25.8 Å². The van der Waals surface area contributed by atoms with E-state index in [0.717, 1.165) is 46.3 Å². The lowest BCUT2D eigenvalue weighted by Crippen LogP contribution is -2.20. The first kappa shape index (κ1) is 22.0. The quantitative estimate of drug-likeness (QED) is 0.249. The maximum Gasteiger partial charge on any atom is 0.247 e. The zero-order valence-electron chi connectivity index (χ0n) is 19.2. The predicted octanol–water partition coefficient (Wildman–Crippen LogP) is 7.93. The van der Waals surface area contributed by atoms with Crippen LogP contribution in [0.15, 0.2) is 95.4 Å². The summed E-state index contributed by atoms with van der Waals surface area (Å²) in [4.78, 5) is 11.3. The lowest BCUT2D eigenvalue weighted by Gasteiger charge is -2.21. The van der Waals surface area contributed by atoms with E-state index in [2.05, 4.69) is 60.8 Å². The van der Waals surface area contributed by atoms with E-state index in [-0.39, 0.29) is 6.04 Å². The number of thiophene rings is 1. The molecule has 172 valence electrons. The molecule has 1 atom stereocenters. The highest BCUT2D eigenvalue weighted by Crippen LogP contribution is 2.39. The Labute approximate surface area is 213 Å². The maximum absolute atomic E-state index is 6.36. The van der Waals surface area contributed by atoms with Gasteiger partial charge in [-0.15, -0.1) is 11.3 Å². The molecular formula is C29H23ClN4S. The Bertz CT molecular complexity index is 1510. The molecule has 0 saturated heterocycles. The number of fused-ring (bicyclic) bond motifs is 1. The van der Waals surface area contributed by atoms with Gasteiger partial charge in [0.2, 0.25) is 5.95 Å². The Morgan fingerprint density at radius 1 is 0.914 bits per heavy atom. The van der Waals surface area contributed by atoms with Crippen molar-refractivity contribution < 1.29 is 0 Å². The standard InChI is InChI=1S/C29H23ClN4S/c1-2-19-10-12-20(13-11-19)25-18-26(27-9-6-16-35-27)34(33-25)29-31-24-15-14-22(30)17-23(24)28(32-29)21-7-4-3-5-8-21/h3-17,26H,2,18H2,1H3. The van der Waals surface area contributed by atoms with Crippen molar-refractivity contribution in [1.82, 2.24) is 9.97 Å². The van der Waals surface area contributed by atoms with Crippen molar-refractivity contribution in [2.75, 3.05) is 5.01 Å². The third-order valence-electron chi connectivity index (χ3n) is 6.38. The summed E-state index contributed by atoms with van der Waals surface area (Å²) in [5.74, 6) is 0.595. The second-order valence-electron chi connectivity index (χ2n) is 8.58. The van der Waals surface area contributed by atoms with Gasteiger partial charge in [-0.1, -0.05) is 79.2 Å². The van der Waals surface area contributed by atoms with Crippen LogP contribution in [0.5, 0.6) is 0 Å². The number of halogens is 1. The number of rotatable bonds is 5. The minimum Gasteiger partial charge on any atom is -0.223 e. The van der Waals surface area contributed by atoms with Crippen LogP contribution in [0.4, 0.5) is 5.95 Å². The fourth-order valence-corrected chi connectivity index (χ4v) is 5.50. The van der Waals surface area contributed by atoms with Gasteiger partial charge in [-0.2, -0.15) is 5.10 Å². The molecule has 35 heavy (non-hydrogen) atoms. The zero-order valence-corrected chi connectivity index (χ0v) is 20.8. The number of benzene rings is 3. The Balaban J connectivity index is 1.51. The first-order valence-electron chi connectivity index (χ1n) is 11.7. The average molecular weight is 495 g/mol. The Morgan fingerprint density at radius 2 is 1.74 bits per heavy atom. The first-order valence-corrected chi connectivity index (χ1v) is 13.0. The van der Waals surface area contributed by atoms with Gasteiger partial charge in [0.15, 0.2) is 0 Å². The van der Waals surface area contributed by atoms with Crippen molar-refractivity contribution >= 4 is 45.5 Å². The largest absolute Gasteiger partial charge is 0.247 e. The molecule has 0 spiro atoms. The molecule has 0 radical (unpaired) electrons. The molecule has 4 nitrogen and oxygen atoms in total. The molecule has 0 N–H and O–H groups in total. The molecule has 0 bridgehead atoms. The number of nitrogens with zero attached hydrogens (tertiary/aromatic N) is 4. The molecule has 6 heteroatoms. The van der Waals surface area contributed by atoms with Gasteiger partial charge in [-0.25, -0.2) is 15.0 Å². The van der Waals surface area contributed by atoms with E-state index in [0.29, 0.717) is 11.0 Å². The Kier molecular flexibility index (Phi) is 5.80. The molecule has 2 aromatic heterocycles. The number of hydrogen-bond donors (Lipinski definition) is 0. The third-order valence-corrected chi connectivity index (χ3v) is 7.58.